The molecule has 4 nitrogen and oxygen atoms in total. The van der Waals surface area contributed by atoms with Gasteiger partial charge in [0.2, 0.25) is 5.78 Å². The molecule has 0 saturated heterocycles. The smallest absolute Gasteiger partial charge is 0.202 e. The third kappa shape index (κ3) is 2.73. The molecule has 0 fully saturated rings. The number of phenols is 1. The van der Waals surface area contributed by atoms with Gasteiger partial charge in [-0.25, -0.2) is 0 Å². The Morgan fingerprint density at radius 1 is 1.24 bits per heavy atom. The van der Waals surface area contributed by atoms with Gasteiger partial charge in [-0.3, -0.25) is 4.79 Å². The number of rotatable bonds is 4. The van der Waals surface area contributed by atoms with E-state index in [-0.39, 0.29) is 30.3 Å². The first-order chi connectivity index (χ1) is 8.19. The first-order valence-electron chi connectivity index (χ1n) is 5.19. The van der Waals surface area contributed by atoms with E-state index in [1.807, 2.05) is 0 Å². The van der Waals surface area contributed by atoms with E-state index >= 15 is 0 Å². The van der Waals surface area contributed by atoms with Crippen LogP contribution in [0.15, 0.2) is 40.8 Å². The van der Waals surface area contributed by atoms with E-state index in [1.165, 1.54) is 12.1 Å². The van der Waals surface area contributed by atoms with E-state index in [2.05, 4.69) is 0 Å². The molecule has 17 heavy (non-hydrogen) atoms. The number of carbonyl (C=O) groups excluding carboxylic acids is 1. The summed E-state index contributed by atoms with van der Waals surface area (Å²) in [6.07, 6.45) is 0.160. The van der Waals surface area contributed by atoms with Crippen molar-refractivity contribution in [3.05, 3.63) is 53.5 Å². The van der Waals surface area contributed by atoms with Gasteiger partial charge in [0.1, 0.15) is 18.1 Å². The van der Waals surface area contributed by atoms with Crippen LogP contribution in [0, 0.1) is 0 Å². The molecule has 1 aromatic heterocycles. The van der Waals surface area contributed by atoms with E-state index < -0.39 is 0 Å². The fourth-order valence-electron chi connectivity index (χ4n) is 1.55. The molecule has 0 aliphatic rings. The number of aliphatic hydroxyl groups excluding tert-OH is 1. The minimum atomic E-state index is -0.223. The quantitative estimate of drug-likeness (QED) is 0.790. The molecule has 0 unspecified atom stereocenters. The van der Waals surface area contributed by atoms with Crippen molar-refractivity contribution in [1.82, 2.24) is 0 Å². The van der Waals surface area contributed by atoms with Crippen molar-refractivity contribution in [2.45, 2.75) is 13.0 Å². The number of carbonyl (C=O) groups is 1. The third-order valence-corrected chi connectivity index (χ3v) is 2.37. The summed E-state index contributed by atoms with van der Waals surface area (Å²) in [5.41, 5.74) is 0.719. The Hall–Kier alpha value is -2.07. The first kappa shape index (κ1) is 11.4. The summed E-state index contributed by atoms with van der Waals surface area (Å²) in [6, 6.07) is 9.62. The molecular formula is C13H12O4. The lowest BCUT2D eigenvalue weighted by Gasteiger charge is -1.99. The molecule has 1 heterocycles. The van der Waals surface area contributed by atoms with E-state index in [0.717, 1.165) is 5.56 Å². The van der Waals surface area contributed by atoms with Crippen LogP contribution >= 0.6 is 0 Å². The van der Waals surface area contributed by atoms with Gasteiger partial charge in [-0.15, -0.1) is 0 Å². The Morgan fingerprint density at radius 2 is 2.06 bits per heavy atom. The SMILES string of the molecule is O=C(Cc1cccc(O)c1)c1ccc(CO)o1. The highest BCUT2D eigenvalue weighted by atomic mass is 16.4. The second kappa shape index (κ2) is 4.84. The average Bonchev–Trinajstić information content (AvgIpc) is 2.77. The number of benzene rings is 1. The number of aromatic hydroxyl groups is 1. The van der Waals surface area contributed by atoms with Gasteiger partial charge in [0, 0.05) is 6.42 Å². The molecule has 88 valence electrons. The Morgan fingerprint density at radius 3 is 2.71 bits per heavy atom. The molecule has 0 radical (unpaired) electrons. The zero-order valence-corrected chi connectivity index (χ0v) is 9.09. The van der Waals surface area contributed by atoms with Crippen molar-refractivity contribution in [1.29, 1.82) is 0 Å². The largest absolute Gasteiger partial charge is 0.508 e. The van der Waals surface area contributed by atoms with Crippen molar-refractivity contribution in [3.8, 4) is 5.75 Å². The molecule has 0 bridgehead atoms. The number of ketones is 1. The van der Waals surface area contributed by atoms with Crippen molar-refractivity contribution in [3.63, 3.8) is 0 Å². The standard InChI is InChI=1S/C13H12O4/c14-8-11-4-5-13(17-11)12(16)7-9-2-1-3-10(15)6-9/h1-6,14-15H,7-8H2. The van der Waals surface area contributed by atoms with Gasteiger partial charge < -0.3 is 14.6 Å². The Bertz CT molecular complexity index is 528. The molecule has 0 spiro atoms. The summed E-state index contributed by atoms with van der Waals surface area (Å²) in [4.78, 5) is 11.8. The van der Waals surface area contributed by atoms with Gasteiger partial charge in [0.05, 0.1) is 0 Å². The van der Waals surface area contributed by atoms with E-state index in [0.29, 0.717) is 5.76 Å². The summed E-state index contributed by atoms with van der Waals surface area (Å²) in [5.74, 6) is 0.530. The maximum absolute atomic E-state index is 11.8. The lowest BCUT2D eigenvalue weighted by molar-refractivity contribution is 0.0961. The van der Waals surface area contributed by atoms with Crippen LogP contribution in [0.25, 0.3) is 0 Å². The molecule has 1 aromatic carbocycles. The molecular weight excluding hydrogens is 220 g/mol. The van der Waals surface area contributed by atoms with Gasteiger partial charge in [-0.05, 0) is 29.8 Å². The molecule has 4 heteroatoms. The number of Topliss-reactive ketones (excluding diaryl/α,β-unsaturated/α-hetero) is 1. The molecule has 2 aromatic rings. The van der Waals surface area contributed by atoms with Gasteiger partial charge >= 0.3 is 0 Å². The molecule has 2 N–H and O–H groups in total. The number of hydrogen-bond acceptors (Lipinski definition) is 4. The highest BCUT2D eigenvalue weighted by Gasteiger charge is 2.11. The van der Waals surface area contributed by atoms with Crippen LogP contribution in [0.1, 0.15) is 21.9 Å². The van der Waals surface area contributed by atoms with Crippen LogP contribution in [-0.2, 0) is 13.0 Å². The van der Waals surface area contributed by atoms with Gasteiger partial charge in [-0.1, -0.05) is 12.1 Å². The lowest BCUT2D eigenvalue weighted by atomic mass is 10.1. The highest BCUT2D eigenvalue weighted by Crippen LogP contribution is 2.15. The average molecular weight is 232 g/mol. The number of hydrogen-bond donors (Lipinski definition) is 2. The van der Waals surface area contributed by atoms with Gasteiger partial charge in [0.25, 0.3) is 0 Å². The second-order valence-corrected chi connectivity index (χ2v) is 3.69. The molecule has 0 aliphatic heterocycles. The van der Waals surface area contributed by atoms with E-state index in [4.69, 9.17) is 9.52 Å². The maximum atomic E-state index is 11.8. The fraction of sp³-hybridized carbons (Fsp3) is 0.154. The Balaban J connectivity index is 2.11. The third-order valence-electron chi connectivity index (χ3n) is 2.37. The van der Waals surface area contributed by atoms with Crippen molar-refractivity contribution in [2.75, 3.05) is 0 Å². The lowest BCUT2D eigenvalue weighted by Crippen LogP contribution is -2.01. The maximum Gasteiger partial charge on any atom is 0.202 e. The van der Waals surface area contributed by atoms with Crippen LogP contribution in [0.4, 0.5) is 0 Å². The van der Waals surface area contributed by atoms with Crippen LogP contribution in [0.5, 0.6) is 5.75 Å². The predicted molar refractivity (Wildman–Crippen MR) is 60.8 cm³/mol. The van der Waals surface area contributed by atoms with Crippen molar-refractivity contribution in [2.24, 2.45) is 0 Å². The summed E-state index contributed by atoms with van der Waals surface area (Å²) < 4.78 is 5.13. The van der Waals surface area contributed by atoms with E-state index in [9.17, 15) is 9.90 Å². The first-order valence-corrected chi connectivity index (χ1v) is 5.19. The Kier molecular flexibility index (Phi) is 3.25. The predicted octanol–water partition coefficient (Wildman–Crippen LogP) is 1.90. The molecule has 0 aliphatic carbocycles. The molecule has 0 saturated carbocycles. The van der Waals surface area contributed by atoms with Crippen LogP contribution in [-0.4, -0.2) is 16.0 Å². The normalized spacial score (nSPS) is 10.4. The van der Waals surface area contributed by atoms with Gasteiger partial charge in [0.15, 0.2) is 5.76 Å². The van der Waals surface area contributed by atoms with Crippen molar-refractivity contribution < 1.29 is 19.4 Å². The minimum absolute atomic E-state index is 0.130. The summed E-state index contributed by atoms with van der Waals surface area (Å²) in [5, 5.41) is 18.1. The number of aliphatic hydroxyl groups is 1. The van der Waals surface area contributed by atoms with Gasteiger partial charge in [-0.2, -0.15) is 0 Å². The summed E-state index contributed by atoms with van der Waals surface area (Å²) in [7, 11) is 0. The zero-order chi connectivity index (χ0) is 12.3. The monoisotopic (exact) mass is 232 g/mol. The van der Waals surface area contributed by atoms with E-state index in [1.54, 1.807) is 24.3 Å². The highest BCUT2D eigenvalue weighted by molar-refractivity contribution is 5.95. The van der Waals surface area contributed by atoms with Crippen LogP contribution < -0.4 is 0 Å². The molecule has 0 amide bonds. The zero-order valence-electron chi connectivity index (χ0n) is 9.09. The topological polar surface area (TPSA) is 70.7 Å². The second-order valence-electron chi connectivity index (χ2n) is 3.69. The Labute approximate surface area is 98.1 Å². The summed E-state index contributed by atoms with van der Waals surface area (Å²) >= 11 is 0. The molecule has 2 rings (SSSR count). The van der Waals surface area contributed by atoms with Crippen LogP contribution in [0.2, 0.25) is 0 Å². The van der Waals surface area contributed by atoms with Crippen molar-refractivity contribution >= 4 is 5.78 Å². The number of phenolic OH excluding ortho intramolecular Hbond substituents is 1. The minimum Gasteiger partial charge on any atom is -0.508 e. The fourth-order valence-corrected chi connectivity index (χ4v) is 1.55. The van der Waals surface area contributed by atoms with Crippen LogP contribution in [0.3, 0.4) is 0 Å². The number of furan rings is 1. The molecule has 0 atom stereocenters. The summed E-state index contributed by atoms with van der Waals surface area (Å²) in [6.45, 7) is -0.223.